The molecule has 0 unspecified atom stereocenters. The molecule has 0 atom stereocenters. The van der Waals surface area contributed by atoms with Crippen molar-refractivity contribution in [3.63, 3.8) is 0 Å². The highest BCUT2D eigenvalue weighted by Crippen LogP contribution is 2.29. The predicted octanol–water partition coefficient (Wildman–Crippen LogP) is 4.71. The number of nitrogens with zero attached hydrogens (tertiary/aromatic N) is 3. The van der Waals surface area contributed by atoms with Crippen LogP contribution in [0.15, 0.2) is 35.1 Å². The van der Waals surface area contributed by atoms with Crippen LogP contribution in [-0.2, 0) is 19.4 Å². The highest BCUT2D eigenvalue weighted by atomic mass is 35.5. The molecule has 3 aromatic rings. The van der Waals surface area contributed by atoms with Crippen molar-refractivity contribution in [3.05, 3.63) is 72.6 Å². The largest absolute Gasteiger partial charge is 0.366 e. The molecule has 156 valence electrons. The predicted molar refractivity (Wildman–Crippen MR) is 119 cm³/mol. The van der Waals surface area contributed by atoms with E-state index in [0.29, 0.717) is 29.4 Å². The summed E-state index contributed by atoms with van der Waals surface area (Å²) < 4.78 is 1.46. The van der Waals surface area contributed by atoms with Gasteiger partial charge in [-0.15, -0.1) is 0 Å². The molecule has 1 aliphatic heterocycles. The van der Waals surface area contributed by atoms with Crippen LogP contribution in [0.1, 0.15) is 42.9 Å². The molecule has 0 amide bonds. The number of hydrogen-bond acceptors (Lipinski definition) is 5. The highest BCUT2D eigenvalue weighted by molar-refractivity contribution is 6.30. The van der Waals surface area contributed by atoms with Gasteiger partial charge in [-0.2, -0.15) is 0 Å². The van der Waals surface area contributed by atoms with Crippen molar-refractivity contribution in [3.8, 4) is 0 Å². The molecule has 0 saturated heterocycles. The van der Waals surface area contributed by atoms with Gasteiger partial charge in [0.25, 0.3) is 5.56 Å². The highest BCUT2D eigenvalue weighted by Gasteiger charge is 2.25. The minimum absolute atomic E-state index is 0.0870. The normalized spacial score (nSPS) is 13.1. The number of halogens is 1. The zero-order valence-corrected chi connectivity index (χ0v) is 17.5. The van der Waals surface area contributed by atoms with Gasteiger partial charge in [-0.1, -0.05) is 31.0 Å². The van der Waals surface area contributed by atoms with Gasteiger partial charge < -0.3 is 5.32 Å². The van der Waals surface area contributed by atoms with Gasteiger partial charge in [0.2, 0.25) is 0 Å². The molecular formula is C22H23ClN4O3. The fourth-order valence-corrected chi connectivity index (χ4v) is 4.14. The summed E-state index contributed by atoms with van der Waals surface area (Å²) in [5.74, 6) is 0.281. The molecule has 7 nitrogen and oxygen atoms in total. The number of rotatable bonds is 6. The van der Waals surface area contributed by atoms with Crippen LogP contribution in [0.25, 0.3) is 10.9 Å². The molecule has 1 aliphatic rings. The van der Waals surface area contributed by atoms with Crippen LogP contribution < -0.4 is 10.9 Å². The maximum Gasteiger partial charge on any atom is 0.310 e. The van der Waals surface area contributed by atoms with Crippen LogP contribution in [0.5, 0.6) is 0 Å². The molecule has 30 heavy (non-hydrogen) atoms. The molecule has 0 aliphatic carbocycles. The Morgan fingerprint density at radius 1 is 1.27 bits per heavy atom. The summed E-state index contributed by atoms with van der Waals surface area (Å²) in [4.78, 5) is 28.6. The smallest absolute Gasteiger partial charge is 0.310 e. The molecular weight excluding hydrogens is 404 g/mol. The minimum atomic E-state index is -0.451. The van der Waals surface area contributed by atoms with Gasteiger partial charge in [0, 0.05) is 36.5 Å². The van der Waals surface area contributed by atoms with Crippen LogP contribution in [0.4, 0.5) is 11.5 Å². The van der Waals surface area contributed by atoms with E-state index in [1.54, 1.807) is 0 Å². The molecule has 0 spiro atoms. The molecule has 0 saturated carbocycles. The average Bonchev–Trinajstić information content (AvgIpc) is 2.74. The van der Waals surface area contributed by atoms with Crippen LogP contribution >= 0.6 is 11.6 Å². The Kier molecular flexibility index (Phi) is 5.72. The third kappa shape index (κ3) is 3.89. The van der Waals surface area contributed by atoms with E-state index < -0.39 is 4.92 Å². The van der Waals surface area contributed by atoms with Gasteiger partial charge in [-0.25, -0.2) is 4.98 Å². The summed E-state index contributed by atoms with van der Waals surface area (Å²) in [7, 11) is 0. The van der Waals surface area contributed by atoms with E-state index in [-0.39, 0.29) is 23.5 Å². The second kappa shape index (κ2) is 8.44. The maximum absolute atomic E-state index is 13.0. The first-order valence-corrected chi connectivity index (χ1v) is 10.6. The van der Waals surface area contributed by atoms with E-state index in [4.69, 9.17) is 11.6 Å². The van der Waals surface area contributed by atoms with Crippen molar-refractivity contribution in [1.29, 1.82) is 0 Å². The number of fused-ring (bicyclic) bond motifs is 2. The number of anilines is 1. The Bertz CT molecular complexity index is 1190. The lowest BCUT2D eigenvalue weighted by atomic mass is 10.0. The quantitative estimate of drug-likeness (QED) is 0.350. The van der Waals surface area contributed by atoms with Crippen LogP contribution in [0.2, 0.25) is 5.15 Å². The maximum atomic E-state index is 13.0. The molecule has 0 fully saturated rings. The van der Waals surface area contributed by atoms with Crippen molar-refractivity contribution in [2.24, 2.45) is 0 Å². The van der Waals surface area contributed by atoms with E-state index in [1.807, 2.05) is 12.1 Å². The Labute approximate surface area is 178 Å². The lowest BCUT2D eigenvalue weighted by Crippen LogP contribution is -2.32. The van der Waals surface area contributed by atoms with Crippen LogP contribution in [-0.4, -0.2) is 21.0 Å². The van der Waals surface area contributed by atoms with Crippen molar-refractivity contribution in [1.82, 2.24) is 9.55 Å². The second-order valence-electron chi connectivity index (χ2n) is 7.64. The van der Waals surface area contributed by atoms with Gasteiger partial charge in [0.1, 0.15) is 5.15 Å². The molecule has 0 bridgehead atoms. The summed E-state index contributed by atoms with van der Waals surface area (Å²) in [6.07, 6.45) is 4.17. The first-order chi connectivity index (χ1) is 14.5. The van der Waals surface area contributed by atoms with Gasteiger partial charge in [-0.05, 0) is 48.6 Å². The number of nitro groups is 1. The van der Waals surface area contributed by atoms with Gasteiger partial charge in [0.15, 0.2) is 5.82 Å². The molecule has 4 rings (SSSR count). The number of unbranched alkanes of at least 4 members (excludes halogenated alkanes) is 1. The molecule has 1 aromatic carbocycles. The van der Waals surface area contributed by atoms with Crippen molar-refractivity contribution >= 4 is 34.0 Å². The van der Waals surface area contributed by atoms with Gasteiger partial charge >= 0.3 is 5.69 Å². The first-order valence-electron chi connectivity index (χ1n) is 10.2. The first kappa shape index (κ1) is 20.3. The fraction of sp³-hybridized carbons (Fsp3) is 0.364. The van der Waals surface area contributed by atoms with Gasteiger partial charge in [0.05, 0.1) is 10.4 Å². The number of aromatic nitrogens is 2. The summed E-state index contributed by atoms with van der Waals surface area (Å²) in [5.41, 5.74) is 2.75. The average molecular weight is 427 g/mol. The Balaban J connectivity index is 1.76. The fourth-order valence-electron chi connectivity index (χ4n) is 3.93. The zero-order valence-electron chi connectivity index (χ0n) is 16.8. The number of pyridine rings is 2. The number of aryl methyl sites for hydroxylation is 1. The summed E-state index contributed by atoms with van der Waals surface area (Å²) in [6.45, 7) is 3.23. The number of nitrogens with one attached hydrogen (secondary N) is 1. The molecule has 3 heterocycles. The zero-order chi connectivity index (χ0) is 21.3. The SMILES string of the molecule is CCCCc1ccc2nc(Cl)c(Cc3cc([N+](=O)[O-])c4n(c3=O)CCCN4)cc2c1. The minimum Gasteiger partial charge on any atom is -0.366 e. The summed E-state index contributed by atoms with van der Waals surface area (Å²) in [6, 6.07) is 9.43. The Hall–Kier alpha value is -2.93. The van der Waals surface area contributed by atoms with E-state index in [9.17, 15) is 14.9 Å². The summed E-state index contributed by atoms with van der Waals surface area (Å²) >= 11 is 6.41. The van der Waals surface area contributed by atoms with E-state index in [0.717, 1.165) is 36.6 Å². The van der Waals surface area contributed by atoms with Crippen LogP contribution in [0, 0.1) is 10.1 Å². The standard InChI is InChI=1S/C22H23ClN4O3/c1-2-3-5-14-6-7-18-15(10-14)11-16(20(23)25-18)12-17-13-19(27(29)30)21-24-8-4-9-26(21)22(17)28/h6-7,10-11,13,24H,2-5,8-9,12H2,1H3. The van der Waals surface area contributed by atoms with E-state index in [1.165, 1.54) is 16.2 Å². The van der Waals surface area contributed by atoms with Crippen LogP contribution in [0.3, 0.4) is 0 Å². The van der Waals surface area contributed by atoms with E-state index in [2.05, 4.69) is 29.4 Å². The van der Waals surface area contributed by atoms with Crippen molar-refractivity contribution in [2.45, 2.75) is 45.6 Å². The molecule has 1 N–H and O–H groups in total. The monoisotopic (exact) mass is 426 g/mol. The molecule has 2 aromatic heterocycles. The Morgan fingerprint density at radius 3 is 2.87 bits per heavy atom. The van der Waals surface area contributed by atoms with Crippen molar-refractivity contribution < 1.29 is 4.92 Å². The topological polar surface area (TPSA) is 90.1 Å². The van der Waals surface area contributed by atoms with E-state index >= 15 is 0 Å². The Morgan fingerprint density at radius 2 is 2.10 bits per heavy atom. The van der Waals surface area contributed by atoms with Crippen molar-refractivity contribution in [2.75, 3.05) is 11.9 Å². The lowest BCUT2D eigenvalue weighted by molar-refractivity contribution is -0.384. The molecule has 0 radical (unpaired) electrons. The number of hydrogen-bond donors (Lipinski definition) is 1. The third-order valence-corrected chi connectivity index (χ3v) is 5.82. The van der Waals surface area contributed by atoms with Gasteiger partial charge in [-0.3, -0.25) is 19.5 Å². The lowest BCUT2D eigenvalue weighted by Gasteiger charge is -2.20. The second-order valence-corrected chi connectivity index (χ2v) is 8.00. The summed E-state index contributed by atoms with van der Waals surface area (Å²) in [5, 5.41) is 15.8. The molecule has 8 heteroatoms. The number of benzene rings is 1. The third-order valence-electron chi connectivity index (χ3n) is 5.50.